The van der Waals surface area contributed by atoms with Crippen LogP contribution in [0.2, 0.25) is 0 Å². The fraction of sp³-hybridized carbons (Fsp3) is 0.556. The summed E-state index contributed by atoms with van der Waals surface area (Å²) in [6.45, 7) is 1.35. The summed E-state index contributed by atoms with van der Waals surface area (Å²) >= 11 is 1.39. The van der Waals surface area contributed by atoms with E-state index in [2.05, 4.69) is 15.0 Å². The Morgan fingerprint density at radius 1 is 1.65 bits per heavy atom. The third kappa shape index (κ3) is 1.59. The van der Waals surface area contributed by atoms with Crippen LogP contribution in [0.15, 0.2) is 21.7 Å². The van der Waals surface area contributed by atoms with Crippen molar-refractivity contribution >= 4 is 23.6 Å². The molecule has 1 fully saturated rings. The van der Waals surface area contributed by atoms with Crippen LogP contribution in [0.25, 0.3) is 0 Å². The number of carbonyl (C=O) groups excluding carboxylic acids is 2. The van der Waals surface area contributed by atoms with Gasteiger partial charge in [0.15, 0.2) is 5.70 Å². The molecule has 0 saturated carbocycles. The summed E-state index contributed by atoms with van der Waals surface area (Å²) in [6, 6.07) is 0. The Bertz CT molecular complexity index is 444. The lowest BCUT2D eigenvalue weighted by Crippen LogP contribution is -2.56. The van der Waals surface area contributed by atoms with Gasteiger partial charge < -0.3 is 9.84 Å². The maximum Gasteiger partial charge on any atom is 0.357 e. The predicted molar refractivity (Wildman–Crippen MR) is 59.1 cm³/mol. The van der Waals surface area contributed by atoms with E-state index in [9.17, 15) is 14.7 Å². The van der Waals surface area contributed by atoms with Gasteiger partial charge in [-0.3, -0.25) is 9.69 Å². The number of azo groups is 1. The molecule has 1 saturated heterocycles. The molecule has 2 aliphatic rings. The average Bonchev–Trinajstić information content (AvgIpc) is 2.73. The lowest BCUT2D eigenvalue weighted by atomic mass is 10.1. The number of rotatable bonds is 1. The highest BCUT2D eigenvalue weighted by molar-refractivity contribution is 7.99. The third-order valence-electron chi connectivity index (χ3n) is 2.59. The summed E-state index contributed by atoms with van der Waals surface area (Å²) < 4.78 is 4.66. The quantitative estimate of drug-likeness (QED) is 0.423. The van der Waals surface area contributed by atoms with Crippen LogP contribution < -0.4 is 0 Å². The fourth-order valence-electron chi connectivity index (χ4n) is 1.68. The van der Waals surface area contributed by atoms with Crippen LogP contribution in [0.5, 0.6) is 0 Å². The number of hydrogen-bond acceptors (Lipinski definition) is 7. The van der Waals surface area contributed by atoms with Crippen LogP contribution >= 0.6 is 11.8 Å². The van der Waals surface area contributed by atoms with Gasteiger partial charge in [0, 0.05) is 0 Å². The SMILES string of the molecule is COC(=O)[C@]12CSCN1C(=O)/C(=C(/C)O)N=N2. The van der Waals surface area contributed by atoms with Crippen LogP contribution in [0.3, 0.4) is 0 Å². The smallest absolute Gasteiger partial charge is 0.357 e. The van der Waals surface area contributed by atoms with Gasteiger partial charge in [-0.05, 0) is 6.92 Å². The highest BCUT2D eigenvalue weighted by Crippen LogP contribution is 2.38. The van der Waals surface area contributed by atoms with Crippen LogP contribution in [0.1, 0.15) is 6.92 Å². The van der Waals surface area contributed by atoms with Crippen molar-refractivity contribution in [1.82, 2.24) is 4.90 Å². The van der Waals surface area contributed by atoms with Crippen molar-refractivity contribution < 1.29 is 19.4 Å². The molecule has 0 aliphatic carbocycles. The van der Waals surface area contributed by atoms with Crippen molar-refractivity contribution in [1.29, 1.82) is 0 Å². The molecule has 2 aliphatic heterocycles. The van der Waals surface area contributed by atoms with E-state index < -0.39 is 17.5 Å². The Labute approximate surface area is 102 Å². The normalized spacial score (nSPS) is 30.2. The van der Waals surface area contributed by atoms with Crippen LogP contribution in [-0.4, -0.2) is 46.3 Å². The molecule has 1 atom stereocenters. The number of carbonyl (C=O) groups is 2. The minimum atomic E-state index is -1.37. The summed E-state index contributed by atoms with van der Waals surface area (Å²) in [5, 5.41) is 16.8. The molecule has 1 amide bonds. The number of aliphatic hydroxyl groups excluding tert-OH is 1. The van der Waals surface area contributed by atoms with Crippen molar-refractivity contribution in [2.45, 2.75) is 12.6 Å². The number of esters is 1. The predicted octanol–water partition coefficient (Wildman–Crippen LogP) is 0.644. The van der Waals surface area contributed by atoms with Gasteiger partial charge in [0.05, 0.1) is 18.7 Å². The van der Waals surface area contributed by atoms with Gasteiger partial charge in [-0.25, -0.2) is 4.79 Å². The van der Waals surface area contributed by atoms with Gasteiger partial charge in [0.2, 0.25) is 0 Å². The fourth-order valence-corrected chi connectivity index (χ4v) is 2.90. The molecule has 92 valence electrons. The zero-order valence-electron chi connectivity index (χ0n) is 9.34. The first-order valence-electron chi connectivity index (χ1n) is 4.84. The van der Waals surface area contributed by atoms with Crippen LogP contribution in [0, 0.1) is 0 Å². The maximum absolute atomic E-state index is 12.0. The maximum atomic E-state index is 12.0. The molecular formula is C9H11N3O4S. The monoisotopic (exact) mass is 257 g/mol. The zero-order valence-corrected chi connectivity index (χ0v) is 10.2. The van der Waals surface area contributed by atoms with E-state index in [0.29, 0.717) is 11.6 Å². The summed E-state index contributed by atoms with van der Waals surface area (Å²) in [4.78, 5) is 25.0. The molecule has 2 heterocycles. The lowest BCUT2D eigenvalue weighted by Gasteiger charge is -2.32. The second-order valence-corrected chi connectivity index (χ2v) is 4.61. The number of nitrogens with zero attached hydrogens (tertiary/aromatic N) is 3. The Morgan fingerprint density at radius 3 is 2.94 bits per heavy atom. The van der Waals surface area contributed by atoms with E-state index in [0.717, 1.165) is 0 Å². The summed E-state index contributed by atoms with van der Waals surface area (Å²) in [6.07, 6.45) is 0. The van der Waals surface area contributed by atoms with Crippen molar-refractivity contribution in [3.63, 3.8) is 0 Å². The molecule has 1 N–H and O–H groups in total. The van der Waals surface area contributed by atoms with E-state index in [1.165, 1.54) is 30.7 Å². The Balaban J connectivity index is 2.49. The van der Waals surface area contributed by atoms with Gasteiger partial charge >= 0.3 is 5.97 Å². The number of hydrogen-bond donors (Lipinski definition) is 1. The van der Waals surface area contributed by atoms with E-state index in [4.69, 9.17) is 0 Å². The Hall–Kier alpha value is -1.57. The number of methoxy groups -OCH3 is 1. The molecule has 17 heavy (non-hydrogen) atoms. The summed E-state index contributed by atoms with van der Waals surface area (Å²) in [5.41, 5.74) is -1.50. The zero-order chi connectivity index (χ0) is 12.6. The summed E-state index contributed by atoms with van der Waals surface area (Å²) in [5.74, 6) is -0.699. The largest absolute Gasteiger partial charge is 0.510 e. The van der Waals surface area contributed by atoms with E-state index >= 15 is 0 Å². The van der Waals surface area contributed by atoms with E-state index in [1.54, 1.807) is 0 Å². The lowest BCUT2D eigenvalue weighted by molar-refractivity contribution is -0.158. The Kier molecular flexibility index (Phi) is 2.82. The molecule has 0 unspecified atom stereocenters. The molecule has 0 aromatic rings. The second-order valence-electron chi connectivity index (χ2n) is 3.65. The van der Waals surface area contributed by atoms with E-state index in [-0.39, 0.29) is 11.5 Å². The number of allylic oxidation sites excluding steroid dienone is 1. The van der Waals surface area contributed by atoms with Crippen molar-refractivity contribution in [3.8, 4) is 0 Å². The number of fused-ring (bicyclic) bond motifs is 1. The van der Waals surface area contributed by atoms with Crippen molar-refractivity contribution in [3.05, 3.63) is 11.5 Å². The Morgan fingerprint density at radius 2 is 2.35 bits per heavy atom. The molecule has 0 aromatic carbocycles. The van der Waals surface area contributed by atoms with Gasteiger partial charge in [-0.15, -0.1) is 22.0 Å². The molecule has 0 radical (unpaired) electrons. The standard InChI is InChI=1S/C9H11N3O4S/c1-5(13)6-7(14)12-4-17-3-9(12,11-10-6)8(15)16-2/h13H,3-4H2,1-2H3/b6-5+/t9-/m0/s1. The van der Waals surface area contributed by atoms with Crippen molar-refractivity contribution in [2.24, 2.45) is 10.2 Å². The average molecular weight is 257 g/mol. The van der Waals surface area contributed by atoms with Crippen LogP contribution in [0.4, 0.5) is 0 Å². The topological polar surface area (TPSA) is 91.6 Å². The number of amides is 1. The minimum Gasteiger partial charge on any atom is -0.510 e. The highest BCUT2D eigenvalue weighted by Gasteiger charge is 2.55. The molecule has 2 rings (SSSR count). The molecular weight excluding hydrogens is 246 g/mol. The second kappa shape index (κ2) is 4.02. The molecule has 0 bridgehead atoms. The minimum absolute atomic E-state index is 0.132. The first kappa shape index (κ1) is 11.9. The number of ether oxygens (including phenoxy) is 1. The first-order valence-corrected chi connectivity index (χ1v) is 5.99. The third-order valence-corrected chi connectivity index (χ3v) is 3.64. The highest BCUT2D eigenvalue weighted by atomic mass is 32.2. The molecule has 7 nitrogen and oxygen atoms in total. The first-order chi connectivity index (χ1) is 8.03. The van der Waals surface area contributed by atoms with E-state index in [1.807, 2.05) is 0 Å². The molecule has 0 spiro atoms. The van der Waals surface area contributed by atoms with Crippen LogP contribution in [-0.2, 0) is 14.3 Å². The molecule has 8 heteroatoms. The van der Waals surface area contributed by atoms with Gasteiger partial charge in [-0.1, -0.05) is 0 Å². The van der Waals surface area contributed by atoms with Crippen molar-refractivity contribution in [2.75, 3.05) is 18.7 Å². The van der Waals surface area contributed by atoms with Gasteiger partial charge in [0.1, 0.15) is 5.76 Å². The molecule has 0 aromatic heterocycles. The number of thioether (sulfide) groups is 1. The van der Waals surface area contributed by atoms with Gasteiger partial charge in [-0.2, -0.15) is 0 Å². The van der Waals surface area contributed by atoms with Gasteiger partial charge in [0.25, 0.3) is 11.6 Å². The summed E-state index contributed by atoms with van der Waals surface area (Å²) in [7, 11) is 1.24. The number of aliphatic hydroxyl groups is 1.